The van der Waals surface area contributed by atoms with Gasteiger partial charge in [0, 0.05) is 0 Å². The van der Waals surface area contributed by atoms with Gasteiger partial charge in [-0.3, -0.25) is 0 Å². The number of aromatic amines is 1. The maximum atomic E-state index is 14.5. The summed E-state index contributed by atoms with van der Waals surface area (Å²) in [4.78, 5) is 26.0. The summed E-state index contributed by atoms with van der Waals surface area (Å²) in [6.45, 7) is 1.70. The van der Waals surface area contributed by atoms with E-state index in [1.54, 1.807) is 44.4 Å². The molecule has 0 amide bonds. The van der Waals surface area contributed by atoms with Gasteiger partial charge in [0.25, 0.3) is 0 Å². The Hall–Kier alpha value is -4.64. The molecule has 6 rings (SSSR count). The van der Waals surface area contributed by atoms with Gasteiger partial charge in [0.05, 0.1) is 0 Å². The van der Waals surface area contributed by atoms with E-state index in [-0.39, 0.29) is 17.7 Å². The first kappa shape index (κ1) is 33.3. The summed E-state index contributed by atoms with van der Waals surface area (Å²) < 4.78 is 55.5. The van der Waals surface area contributed by atoms with E-state index in [1.165, 1.54) is 12.3 Å². The van der Waals surface area contributed by atoms with Crippen LogP contribution in [0.4, 0.5) is 0 Å². The van der Waals surface area contributed by atoms with Gasteiger partial charge in [-0.05, 0) is 0 Å². The van der Waals surface area contributed by atoms with Crippen molar-refractivity contribution in [2.75, 3.05) is 20.3 Å². The van der Waals surface area contributed by atoms with Crippen molar-refractivity contribution in [2.24, 2.45) is 0 Å². The summed E-state index contributed by atoms with van der Waals surface area (Å²) in [5.41, 5.74) is -0.144. The van der Waals surface area contributed by atoms with Gasteiger partial charge in [0.2, 0.25) is 0 Å². The molecule has 1 fully saturated rings. The summed E-state index contributed by atoms with van der Waals surface area (Å²) >= 11 is -5.13. The van der Waals surface area contributed by atoms with Crippen LogP contribution >= 0.6 is 0 Å². The van der Waals surface area contributed by atoms with Crippen LogP contribution in [0.5, 0.6) is 5.75 Å². The molecule has 4 atom stereocenters. The summed E-state index contributed by atoms with van der Waals surface area (Å²) in [6.07, 6.45) is -2.05. The SMILES string of the molecule is CCO[C@@H]1[C@H]([Se](=O)(=O)c2ccccc2)[C@@H](COC(c2ccccc2)(c2ccccc2)c2ccc(OC)cc2)O[C@H]1n1ccc(=O)[nH]c1=O. The number of methoxy groups -OCH3 is 1. The Morgan fingerprint density at radius 3 is 1.90 bits per heavy atom. The third kappa shape index (κ3) is 6.31. The molecule has 0 unspecified atom stereocenters. The predicted octanol–water partition coefficient (Wildman–Crippen LogP) is 4.44. The number of H-pyrrole nitrogens is 1. The van der Waals surface area contributed by atoms with E-state index >= 15 is 0 Å². The molecule has 1 N–H and O–H groups in total. The fourth-order valence-corrected chi connectivity index (χ4v) is 10.4. The van der Waals surface area contributed by atoms with Gasteiger partial charge < -0.3 is 0 Å². The summed E-state index contributed by atoms with van der Waals surface area (Å²) in [7, 11) is 1.60. The van der Waals surface area contributed by atoms with E-state index in [2.05, 4.69) is 4.98 Å². The standard InChI is InChI=1S/C37H36N2O8Se/c1-3-45-33-34(48(42,43)30-17-11-6-12-18-30)31(47-35(33)39-24-23-32(40)38-36(39)41)25-46-37(26-13-7-4-8-14-26,27-15-9-5-10-16-27)28-19-21-29(44-2)22-20-28/h4-24,31,33-35H,3,25H2,1-2H3,(H,38,40,41)/t31-,33-,34-,35-/m1/s1. The number of hydrogen-bond donors (Lipinski definition) is 1. The second-order valence-corrected chi connectivity index (χ2v) is 15.7. The average molecular weight is 716 g/mol. The molecule has 2 heterocycles. The molecule has 11 heteroatoms. The molecule has 0 saturated carbocycles. The molecule has 1 saturated heterocycles. The number of aromatic nitrogens is 2. The van der Waals surface area contributed by atoms with Crippen LogP contribution in [0.15, 0.2) is 137 Å². The molecule has 248 valence electrons. The third-order valence-corrected chi connectivity index (χ3v) is 13.2. The van der Waals surface area contributed by atoms with Gasteiger partial charge in [0.15, 0.2) is 0 Å². The van der Waals surface area contributed by atoms with Crippen LogP contribution in [0.25, 0.3) is 0 Å². The Balaban J connectivity index is 1.51. The Kier molecular flexibility index (Phi) is 9.86. The zero-order valence-electron chi connectivity index (χ0n) is 26.5. The van der Waals surface area contributed by atoms with Gasteiger partial charge in [-0.15, -0.1) is 0 Å². The fraction of sp³-hybridized carbons (Fsp3) is 0.243. The van der Waals surface area contributed by atoms with E-state index in [1.807, 2.05) is 84.9 Å². The van der Waals surface area contributed by atoms with Crippen molar-refractivity contribution in [3.05, 3.63) is 165 Å². The second kappa shape index (κ2) is 14.2. The normalized spacial score (nSPS) is 19.6. The molecule has 1 aromatic heterocycles. The first-order chi connectivity index (χ1) is 23.3. The third-order valence-electron chi connectivity index (χ3n) is 8.52. The molecule has 4 aromatic carbocycles. The van der Waals surface area contributed by atoms with Crippen LogP contribution in [0.2, 0.25) is 4.82 Å². The van der Waals surface area contributed by atoms with Crippen LogP contribution in [0.1, 0.15) is 29.8 Å². The summed E-state index contributed by atoms with van der Waals surface area (Å²) in [5, 5.41) is 0. The molecule has 0 aliphatic carbocycles. The molecule has 1 aliphatic heterocycles. The number of ether oxygens (including phenoxy) is 4. The Bertz CT molecular complexity index is 1990. The predicted molar refractivity (Wildman–Crippen MR) is 179 cm³/mol. The number of nitrogens with zero attached hydrogens (tertiary/aromatic N) is 1. The van der Waals surface area contributed by atoms with E-state index in [0.29, 0.717) is 5.75 Å². The van der Waals surface area contributed by atoms with Gasteiger partial charge >= 0.3 is 280 Å². The van der Waals surface area contributed by atoms with Crippen molar-refractivity contribution in [2.45, 2.75) is 35.8 Å². The number of hydrogen-bond acceptors (Lipinski definition) is 8. The molecule has 10 nitrogen and oxygen atoms in total. The minimum absolute atomic E-state index is 0.151. The van der Waals surface area contributed by atoms with E-state index in [4.69, 9.17) is 18.9 Å². The molecule has 5 aromatic rings. The van der Waals surface area contributed by atoms with Crippen LogP contribution in [-0.4, -0.2) is 54.8 Å². The van der Waals surface area contributed by atoms with Crippen molar-refractivity contribution in [1.29, 1.82) is 0 Å². The first-order valence-corrected chi connectivity index (χ1v) is 18.8. The Labute approximate surface area is 279 Å². The molecule has 0 bridgehead atoms. The molecular weight excluding hydrogens is 679 g/mol. The van der Waals surface area contributed by atoms with Crippen molar-refractivity contribution >= 4 is 17.2 Å². The van der Waals surface area contributed by atoms with Crippen LogP contribution in [0, 0.1) is 0 Å². The van der Waals surface area contributed by atoms with Crippen LogP contribution < -0.4 is 20.4 Å². The quantitative estimate of drug-likeness (QED) is 0.149. The van der Waals surface area contributed by atoms with Gasteiger partial charge in [-0.1, -0.05) is 0 Å². The maximum absolute atomic E-state index is 14.5. The molecular formula is C37H36N2O8Se. The fourth-order valence-electron chi connectivity index (χ4n) is 6.34. The average Bonchev–Trinajstić information content (AvgIpc) is 3.48. The van der Waals surface area contributed by atoms with Crippen LogP contribution in [-0.2, 0) is 27.5 Å². The zero-order chi connectivity index (χ0) is 33.7. The van der Waals surface area contributed by atoms with Crippen molar-refractivity contribution < 1.29 is 26.6 Å². The number of rotatable bonds is 12. The molecule has 48 heavy (non-hydrogen) atoms. The topological polar surface area (TPSA) is 126 Å². The Morgan fingerprint density at radius 2 is 1.35 bits per heavy atom. The molecule has 1 aliphatic rings. The first-order valence-electron chi connectivity index (χ1n) is 15.6. The summed E-state index contributed by atoms with van der Waals surface area (Å²) in [5.74, 6) is 0.666. The zero-order valence-corrected chi connectivity index (χ0v) is 28.2. The van der Waals surface area contributed by atoms with Gasteiger partial charge in [-0.25, -0.2) is 0 Å². The number of nitrogens with one attached hydrogen (secondary N) is 1. The minimum atomic E-state index is -5.13. The molecule has 0 radical (unpaired) electrons. The van der Waals surface area contributed by atoms with E-state index < -0.39 is 52.8 Å². The Morgan fingerprint density at radius 1 is 0.792 bits per heavy atom. The number of benzene rings is 4. The summed E-state index contributed by atoms with van der Waals surface area (Å²) in [6, 6.07) is 36.2. The van der Waals surface area contributed by atoms with Crippen molar-refractivity contribution in [3.8, 4) is 5.75 Å². The van der Waals surface area contributed by atoms with Crippen LogP contribution in [0.3, 0.4) is 0 Å². The van der Waals surface area contributed by atoms with E-state index in [9.17, 15) is 17.3 Å². The van der Waals surface area contributed by atoms with E-state index in [0.717, 1.165) is 21.3 Å². The van der Waals surface area contributed by atoms with Gasteiger partial charge in [-0.2, -0.15) is 0 Å². The van der Waals surface area contributed by atoms with Gasteiger partial charge in [0.1, 0.15) is 0 Å². The molecule has 0 spiro atoms. The van der Waals surface area contributed by atoms with Crippen molar-refractivity contribution in [3.63, 3.8) is 0 Å². The second-order valence-electron chi connectivity index (χ2n) is 11.3. The van der Waals surface area contributed by atoms with Crippen molar-refractivity contribution in [1.82, 2.24) is 9.55 Å². The monoisotopic (exact) mass is 716 g/mol.